The molecule has 17 heavy (non-hydrogen) atoms. The van der Waals surface area contributed by atoms with Crippen molar-refractivity contribution in [3.05, 3.63) is 34.3 Å². The molecule has 1 aromatic carbocycles. The fraction of sp³-hybridized carbons (Fsp3) is 0.571. The van der Waals surface area contributed by atoms with Crippen LogP contribution in [-0.4, -0.2) is 24.5 Å². The zero-order chi connectivity index (χ0) is 12.3. The van der Waals surface area contributed by atoms with Gasteiger partial charge in [0.15, 0.2) is 0 Å². The lowest BCUT2D eigenvalue weighted by Crippen LogP contribution is -2.37. The van der Waals surface area contributed by atoms with Crippen LogP contribution in [0.3, 0.4) is 0 Å². The summed E-state index contributed by atoms with van der Waals surface area (Å²) in [5, 5.41) is 0.870. The molecule has 1 saturated heterocycles. The fourth-order valence-electron chi connectivity index (χ4n) is 2.48. The van der Waals surface area contributed by atoms with Gasteiger partial charge in [0.25, 0.3) is 0 Å². The maximum absolute atomic E-state index is 6.15. The Kier molecular flexibility index (Phi) is 4.43. The SMILES string of the molecule is Cc1ccc(CN2CCCC(CN)C2)cc1Cl. The second-order valence-corrected chi connectivity index (χ2v) is 5.47. The summed E-state index contributed by atoms with van der Waals surface area (Å²) in [5.41, 5.74) is 8.21. The zero-order valence-corrected chi connectivity index (χ0v) is 11.2. The molecule has 2 N–H and O–H groups in total. The summed E-state index contributed by atoms with van der Waals surface area (Å²) in [6.07, 6.45) is 2.54. The summed E-state index contributed by atoms with van der Waals surface area (Å²) < 4.78 is 0. The van der Waals surface area contributed by atoms with Gasteiger partial charge in [0.2, 0.25) is 0 Å². The summed E-state index contributed by atoms with van der Waals surface area (Å²) in [6, 6.07) is 6.36. The first kappa shape index (κ1) is 12.9. The van der Waals surface area contributed by atoms with Crippen molar-refractivity contribution in [2.24, 2.45) is 11.7 Å². The lowest BCUT2D eigenvalue weighted by Gasteiger charge is -2.32. The van der Waals surface area contributed by atoms with Crippen molar-refractivity contribution < 1.29 is 0 Å². The second-order valence-electron chi connectivity index (χ2n) is 5.06. The molecule has 0 bridgehead atoms. The van der Waals surface area contributed by atoms with Crippen LogP contribution in [0.5, 0.6) is 0 Å². The predicted molar refractivity (Wildman–Crippen MR) is 73.2 cm³/mol. The number of likely N-dealkylation sites (tertiary alicyclic amines) is 1. The van der Waals surface area contributed by atoms with Crippen LogP contribution in [-0.2, 0) is 6.54 Å². The minimum absolute atomic E-state index is 0.671. The average molecular weight is 253 g/mol. The van der Waals surface area contributed by atoms with E-state index in [0.29, 0.717) is 5.92 Å². The van der Waals surface area contributed by atoms with Gasteiger partial charge in [-0.1, -0.05) is 23.7 Å². The summed E-state index contributed by atoms with van der Waals surface area (Å²) in [4.78, 5) is 2.49. The van der Waals surface area contributed by atoms with Crippen LogP contribution in [0, 0.1) is 12.8 Å². The molecule has 0 aliphatic carbocycles. The van der Waals surface area contributed by atoms with Crippen molar-refractivity contribution in [1.82, 2.24) is 4.90 Å². The van der Waals surface area contributed by atoms with E-state index < -0.39 is 0 Å². The van der Waals surface area contributed by atoms with Crippen LogP contribution in [0.15, 0.2) is 18.2 Å². The third-order valence-corrected chi connectivity index (χ3v) is 3.99. The standard InChI is InChI=1S/C14H21ClN2/c1-11-4-5-12(7-14(11)15)9-17-6-2-3-13(8-16)10-17/h4-5,7,13H,2-3,6,8-10,16H2,1H3. The van der Waals surface area contributed by atoms with E-state index in [1.54, 1.807) is 0 Å². The molecule has 2 rings (SSSR count). The Bertz CT molecular complexity index is 378. The lowest BCUT2D eigenvalue weighted by atomic mass is 9.98. The average Bonchev–Trinajstić information content (AvgIpc) is 2.34. The van der Waals surface area contributed by atoms with Gasteiger partial charge in [-0.05, 0) is 56.0 Å². The third kappa shape index (κ3) is 3.44. The van der Waals surface area contributed by atoms with Crippen molar-refractivity contribution in [2.75, 3.05) is 19.6 Å². The highest BCUT2D eigenvalue weighted by molar-refractivity contribution is 6.31. The molecule has 3 heteroatoms. The molecule has 0 amide bonds. The minimum Gasteiger partial charge on any atom is -0.330 e. The normalized spacial score (nSPS) is 21.7. The number of hydrogen-bond donors (Lipinski definition) is 1. The Labute approximate surface area is 109 Å². The number of nitrogens with zero attached hydrogens (tertiary/aromatic N) is 1. The van der Waals surface area contributed by atoms with Crippen LogP contribution in [0.1, 0.15) is 24.0 Å². The van der Waals surface area contributed by atoms with Crippen molar-refractivity contribution >= 4 is 11.6 Å². The first-order valence-corrected chi connectivity index (χ1v) is 6.74. The molecule has 1 atom stereocenters. The number of halogens is 1. The third-order valence-electron chi connectivity index (χ3n) is 3.58. The van der Waals surface area contributed by atoms with Crippen molar-refractivity contribution in [3.8, 4) is 0 Å². The van der Waals surface area contributed by atoms with Crippen molar-refractivity contribution in [3.63, 3.8) is 0 Å². The molecule has 0 spiro atoms. The van der Waals surface area contributed by atoms with Gasteiger partial charge in [-0.15, -0.1) is 0 Å². The molecular formula is C14H21ClN2. The van der Waals surface area contributed by atoms with E-state index in [2.05, 4.69) is 23.1 Å². The van der Waals surface area contributed by atoms with E-state index in [4.69, 9.17) is 17.3 Å². The number of piperidine rings is 1. The number of hydrogen-bond acceptors (Lipinski definition) is 2. The minimum atomic E-state index is 0.671. The Morgan fingerprint density at radius 2 is 2.29 bits per heavy atom. The zero-order valence-electron chi connectivity index (χ0n) is 10.5. The number of rotatable bonds is 3. The van der Waals surface area contributed by atoms with Crippen LogP contribution in [0.25, 0.3) is 0 Å². The number of aryl methyl sites for hydroxylation is 1. The Morgan fingerprint density at radius 1 is 1.47 bits per heavy atom. The van der Waals surface area contributed by atoms with Crippen molar-refractivity contribution in [1.29, 1.82) is 0 Å². The lowest BCUT2D eigenvalue weighted by molar-refractivity contribution is 0.171. The molecule has 1 aliphatic rings. The van der Waals surface area contributed by atoms with E-state index >= 15 is 0 Å². The molecule has 0 saturated carbocycles. The van der Waals surface area contributed by atoms with Gasteiger partial charge in [-0.3, -0.25) is 4.90 Å². The molecule has 1 aliphatic heterocycles. The Morgan fingerprint density at radius 3 is 3.00 bits per heavy atom. The molecular weight excluding hydrogens is 232 g/mol. The van der Waals surface area contributed by atoms with Crippen LogP contribution < -0.4 is 5.73 Å². The van der Waals surface area contributed by atoms with E-state index in [9.17, 15) is 0 Å². The second kappa shape index (κ2) is 5.85. The Balaban J connectivity index is 1.97. The Hall–Kier alpha value is -0.570. The monoisotopic (exact) mass is 252 g/mol. The molecule has 94 valence electrons. The summed E-state index contributed by atoms with van der Waals surface area (Å²) in [6.45, 7) is 6.16. The fourth-order valence-corrected chi connectivity index (χ4v) is 2.68. The molecule has 0 radical (unpaired) electrons. The maximum atomic E-state index is 6.15. The number of benzene rings is 1. The van der Waals surface area contributed by atoms with Gasteiger partial charge in [0, 0.05) is 18.1 Å². The van der Waals surface area contributed by atoms with E-state index in [1.807, 2.05) is 6.92 Å². The van der Waals surface area contributed by atoms with Crippen molar-refractivity contribution in [2.45, 2.75) is 26.3 Å². The molecule has 1 aromatic rings. The quantitative estimate of drug-likeness (QED) is 0.897. The van der Waals surface area contributed by atoms with E-state index in [1.165, 1.54) is 24.9 Å². The van der Waals surface area contributed by atoms with Gasteiger partial charge >= 0.3 is 0 Å². The first-order chi connectivity index (χ1) is 8.19. The first-order valence-electron chi connectivity index (χ1n) is 6.36. The maximum Gasteiger partial charge on any atom is 0.0438 e. The van der Waals surface area contributed by atoms with Gasteiger partial charge in [0.1, 0.15) is 0 Å². The van der Waals surface area contributed by atoms with Crippen LogP contribution in [0.2, 0.25) is 5.02 Å². The largest absolute Gasteiger partial charge is 0.330 e. The highest BCUT2D eigenvalue weighted by atomic mass is 35.5. The highest BCUT2D eigenvalue weighted by Gasteiger charge is 2.18. The summed E-state index contributed by atoms with van der Waals surface area (Å²) in [5.74, 6) is 0.671. The topological polar surface area (TPSA) is 29.3 Å². The number of nitrogens with two attached hydrogens (primary N) is 1. The van der Waals surface area contributed by atoms with Crippen LogP contribution >= 0.6 is 11.6 Å². The van der Waals surface area contributed by atoms with Gasteiger partial charge in [-0.2, -0.15) is 0 Å². The van der Waals surface area contributed by atoms with E-state index in [-0.39, 0.29) is 0 Å². The summed E-state index contributed by atoms with van der Waals surface area (Å²) in [7, 11) is 0. The molecule has 1 unspecified atom stereocenters. The molecule has 1 fully saturated rings. The highest BCUT2D eigenvalue weighted by Crippen LogP contribution is 2.21. The predicted octanol–water partition coefficient (Wildman–Crippen LogP) is 2.82. The smallest absolute Gasteiger partial charge is 0.0438 e. The molecule has 2 nitrogen and oxygen atoms in total. The van der Waals surface area contributed by atoms with Crippen LogP contribution in [0.4, 0.5) is 0 Å². The van der Waals surface area contributed by atoms with Gasteiger partial charge in [0.05, 0.1) is 0 Å². The van der Waals surface area contributed by atoms with Gasteiger partial charge < -0.3 is 5.73 Å². The molecule has 1 heterocycles. The van der Waals surface area contributed by atoms with Gasteiger partial charge in [-0.25, -0.2) is 0 Å². The molecule has 0 aromatic heterocycles. The van der Waals surface area contributed by atoms with E-state index in [0.717, 1.165) is 30.2 Å². The summed E-state index contributed by atoms with van der Waals surface area (Å²) >= 11 is 6.15.